The van der Waals surface area contributed by atoms with Crippen molar-refractivity contribution in [1.29, 1.82) is 0 Å². The van der Waals surface area contributed by atoms with Gasteiger partial charge in [-0.05, 0) is 50.0 Å². The second-order valence-corrected chi connectivity index (χ2v) is 8.69. The molecule has 1 atom stereocenters. The maximum Gasteiger partial charge on any atom is 0.317 e. The van der Waals surface area contributed by atoms with Crippen LogP contribution in [0.3, 0.4) is 0 Å². The van der Waals surface area contributed by atoms with Crippen molar-refractivity contribution < 1.29 is 14.3 Å². The summed E-state index contributed by atoms with van der Waals surface area (Å²) in [4.78, 5) is 29.6. The number of methoxy groups -OCH3 is 1. The molecule has 32 heavy (non-hydrogen) atoms. The molecule has 3 rings (SSSR count). The second-order valence-electron chi connectivity index (χ2n) is 8.69. The van der Waals surface area contributed by atoms with Crippen LogP contribution >= 0.6 is 0 Å². The number of likely N-dealkylation sites (tertiary alicyclic amines) is 1. The molecular formula is C26H35N3O3. The Bertz CT molecular complexity index is 888. The van der Waals surface area contributed by atoms with E-state index in [2.05, 4.69) is 41.4 Å². The first-order valence-corrected chi connectivity index (χ1v) is 11.3. The van der Waals surface area contributed by atoms with Crippen LogP contribution in [0.1, 0.15) is 42.5 Å². The zero-order chi connectivity index (χ0) is 23.1. The predicted molar refractivity (Wildman–Crippen MR) is 127 cm³/mol. The zero-order valence-corrected chi connectivity index (χ0v) is 19.6. The number of urea groups is 1. The van der Waals surface area contributed by atoms with Crippen molar-refractivity contribution in [2.24, 2.45) is 0 Å². The normalized spacial score (nSPS) is 16.5. The summed E-state index contributed by atoms with van der Waals surface area (Å²) in [6.45, 7) is 3.68. The van der Waals surface area contributed by atoms with Crippen molar-refractivity contribution in [2.45, 2.75) is 37.6 Å². The lowest BCUT2D eigenvalue weighted by atomic mass is 9.73. The fraction of sp³-hybridized carbons (Fsp3) is 0.462. The van der Waals surface area contributed by atoms with E-state index in [1.54, 1.807) is 4.90 Å². The standard InChI is InChI=1S/C26H35N3O3/c1-5-20-11-13-21(14-12-20)23(28(2)3)19-27-25(31)29-17-15-26(16-18-29,24(30)32-4)22-9-7-6-8-10-22/h6-14,23H,5,15-19H2,1-4H3,(H,27,31). The summed E-state index contributed by atoms with van der Waals surface area (Å²) in [6.07, 6.45) is 2.11. The monoisotopic (exact) mass is 437 g/mol. The van der Waals surface area contributed by atoms with Crippen LogP contribution in [0, 0.1) is 0 Å². The first-order valence-electron chi connectivity index (χ1n) is 11.3. The van der Waals surface area contributed by atoms with Gasteiger partial charge in [0.15, 0.2) is 0 Å². The van der Waals surface area contributed by atoms with Gasteiger partial charge in [0.05, 0.1) is 18.6 Å². The number of benzene rings is 2. The first-order chi connectivity index (χ1) is 15.4. The number of carbonyl (C=O) groups is 2. The van der Waals surface area contributed by atoms with Gasteiger partial charge in [-0.2, -0.15) is 0 Å². The Hall–Kier alpha value is -2.86. The molecule has 0 saturated carbocycles. The number of rotatable bonds is 7. The van der Waals surface area contributed by atoms with Gasteiger partial charge in [0.1, 0.15) is 0 Å². The van der Waals surface area contributed by atoms with Gasteiger partial charge in [0.25, 0.3) is 0 Å². The third-order valence-corrected chi connectivity index (χ3v) is 6.65. The van der Waals surface area contributed by atoms with E-state index in [0.29, 0.717) is 32.5 Å². The summed E-state index contributed by atoms with van der Waals surface area (Å²) in [7, 11) is 5.48. The van der Waals surface area contributed by atoms with Gasteiger partial charge < -0.3 is 19.9 Å². The molecule has 1 saturated heterocycles. The summed E-state index contributed by atoms with van der Waals surface area (Å²) in [5, 5.41) is 3.10. The summed E-state index contributed by atoms with van der Waals surface area (Å²) in [5.41, 5.74) is 2.74. The van der Waals surface area contributed by atoms with Crippen molar-refractivity contribution in [1.82, 2.24) is 15.1 Å². The summed E-state index contributed by atoms with van der Waals surface area (Å²) < 4.78 is 5.15. The molecular weight excluding hydrogens is 402 g/mol. The Morgan fingerprint density at radius 2 is 1.69 bits per heavy atom. The van der Waals surface area contributed by atoms with Gasteiger partial charge in [-0.15, -0.1) is 0 Å². The average Bonchev–Trinajstić information content (AvgIpc) is 2.84. The molecule has 2 amide bonds. The number of aryl methyl sites for hydroxylation is 1. The molecule has 172 valence electrons. The molecule has 0 spiro atoms. The van der Waals surface area contributed by atoms with Gasteiger partial charge in [-0.25, -0.2) is 4.79 Å². The van der Waals surface area contributed by atoms with Gasteiger partial charge in [0.2, 0.25) is 0 Å². The third-order valence-electron chi connectivity index (χ3n) is 6.65. The minimum Gasteiger partial charge on any atom is -0.468 e. The van der Waals surface area contributed by atoms with Crippen LogP contribution in [0.25, 0.3) is 0 Å². The largest absolute Gasteiger partial charge is 0.468 e. The molecule has 1 heterocycles. The molecule has 0 radical (unpaired) electrons. The van der Waals surface area contributed by atoms with Crippen LogP contribution in [-0.2, 0) is 21.4 Å². The van der Waals surface area contributed by atoms with Crippen LogP contribution in [0.2, 0.25) is 0 Å². The van der Waals surface area contributed by atoms with E-state index in [4.69, 9.17) is 4.74 Å². The summed E-state index contributed by atoms with van der Waals surface area (Å²) >= 11 is 0. The number of amides is 2. The number of hydrogen-bond acceptors (Lipinski definition) is 4. The van der Waals surface area contributed by atoms with E-state index in [1.807, 2.05) is 44.4 Å². The lowest BCUT2D eigenvalue weighted by Gasteiger charge is -2.40. The minimum atomic E-state index is -0.694. The Morgan fingerprint density at radius 1 is 1.06 bits per heavy atom. The molecule has 1 fully saturated rings. The fourth-order valence-electron chi connectivity index (χ4n) is 4.52. The smallest absolute Gasteiger partial charge is 0.317 e. The number of piperidine rings is 1. The Morgan fingerprint density at radius 3 is 2.22 bits per heavy atom. The molecule has 0 aliphatic carbocycles. The van der Waals surface area contributed by atoms with E-state index < -0.39 is 5.41 Å². The number of carbonyl (C=O) groups excluding carboxylic acids is 2. The average molecular weight is 438 g/mol. The molecule has 6 nitrogen and oxygen atoms in total. The van der Waals surface area contributed by atoms with E-state index in [1.165, 1.54) is 18.2 Å². The van der Waals surface area contributed by atoms with Gasteiger partial charge in [-0.1, -0.05) is 61.5 Å². The SMILES string of the molecule is CCc1ccc(C(CNC(=O)N2CCC(C(=O)OC)(c3ccccc3)CC2)N(C)C)cc1. The highest BCUT2D eigenvalue weighted by Gasteiger charge is 2.44. The van der Waals surface area contributed by atoms with Crippen LogP contribution in [0.4, 0.5) is 4.79 Å². The maximum atomic E-state index is 12.9. The van der Waals surface area contributed by atoms with Crippen LogP contribution < -0.4 is 5.32 Å². The molecule has 6 heteroatoms. The maximum absolute atomic E-state index is 12.9. The number of nitrogens with one attached hydrogen (secondary N) is 1. The predicted octanol–water partition coefficient (Wildman–Crippen LogP) is 3.77. The molecule has 1 unspecified atom stereocenters. The van der Waals surface area contributed by atoms with E-state index >= 15 is 0 Å². The molecule has 1 aliphatic rings. The lowest BCUT2D eigenvalue weighted by Crippen LogP contribution is -2.52. The number of nitrogens with zero attached hydrogens (tertiary/aromatic N) is 2. The van der Waals surface area contributed by atoms with Crippen molar-refractivity contribution in [3.05, 3.63) is 71.3 Å². The van der Waals surface area contributed by atoms with Crippen LogP contribution in [-0.4, -0.2) is 62.6 Å². The zero-order valence-electron chi connectivity index (χ0n) is 19.6. The van der Waals surface area contributed by atoms with Gasteiger partial charge >= 0.3 is 12.0 Å². The third kappa shape index (κ3) is 5.13. The minimum absolute atomic E-state index is 0.0893. The van der Waals surface area contributed by atoms with Crippen molar-refractivity contribution >= 4 is 12.0 Å². The Kier molecular flexibility index (Phi) is 7.91. The lowest BCUT2D eigenvalue weighted by molar-refractivity contribution is -0.149. The first kappa shape index (κ1) is 23.8. The van der Waals surface area contributed by atoms with E-state index in [0.717, 1.165) is 12.0 Å². The topological polar surface area (TPSA) is 61.9 Å². The van der Waals surface area contributed by atoms with Crippen molar-refractivity contribution in [3.8, 4) is 0 Å². The van der Waals surface area contributed by atoms with Gasteiger partial charge in [-0.3, -0.25) is 4.79 Å². The van der Waals surface area contributed by atoms with Gasteiger partial charge in [0, 0.05) is 19.6 Å². The highest BCUT2D eigenvalue weighted by molar-refractivity contribution is 5.84. The summed E-state index contributed by atoms with van der Waals surface area (Å²) in [5.74, 6) is -0.230. The highest BCUT2D eigenvalue weighted by Crippen LogP contribution is 2.36. The van der Waals surface area contributed by atoms with E-state index in [9.17, 15) is 9.59 Å². The fourth-order valence-corrected chi connectivity index (χ4v) is 4.52. The number of ether oxygens (including phenoxy) is 1. The molecule has 2 aromatic carbocycles. The Labute approximate surface area is 191 Å². The van der Waals surface area contributed by atoms with Crippen LogP contribution in [0.15, 0.2) is 54.6 Å². The quantitative estimate of drug-likeness (QED) is 0.670. The molecule has 1 aliphatic heterocycles. The summed E-state index contributed by atoms with van der Waals surface area (Å²) in [6, 6.07) is 18.3. The molecule has 0 bridgehead atoms. The number of esters is 1. The molecule has 0 aromatic heterocycles. The molecule has 1 N–H and O–H groups in total. The second kappa shape index (κ2) is 10.6. The number of likely N-dealkylation sites (N-methyl/N-ethyl adjacent to an activating group) is 1. The van der Waals surface area contributed by atoms with Crippen LogP contribution in [0.5, 0.6) is 0 Å². The Balaban J connectivity index is 1.63. The van der Waals surface area contributed by atoms with Crippen molar-refractivity contribution in [3.63, 3.8) is 0 Å². The van der Waals surface area contributed by atoms with E-state index in [-0.39, 0.29) is 18.0 Å². The van der Waals surface area contributed by atoms with Crippen molar-refractivity contribution in [2.75, 3.05) is 40.8 Å². The number of hydrogen-bond donors (Lipinski definition) is 1. The highest BCUT2D eigenvalue weighted by atomic mass is 16.5. The molecule has 2 aromatic rings.